The molecule has 0 spiro atoms. The van der Waals surface area contributed by atoms with E-state index in [4.69, 9.17) is 4.74 Å². The average Bonchev–Trinajstić information content (AvgIpc) is 2.37. The van der Waals surface area contributed by atoms with Gasteiger partial charge in [0.1, 0.15) is 5.75 Å². The molecule has 0 aliphatic carbocycles. The summed E-state index contributed by atoms with van der Waals surface area (Å²) in [4.78, 5) is 24.2. The van der Waals surface area contributed by atoms with Crippen molar-refractivity contribution in [1.82, 2.24) is 5.32 Å². The molecular formula is C14H18N2O3. The number of fused-ring (bicyclic) bond motifs is 1. The number of nitrogens with one attached hydrogen (secondary N) is 2. The molecule has 0 saturated heterocycles. The minimum Gasteiger partial charge on any atom is -0.466 e. The topological polar surface area (TPSA) is 67.4 Å². The molecule has 102 valence electrons. The maximum absolute atomic E-state index is 12.1. The second kappa shape index (κ2) is 4.91. The van der Waals surface area contributed by atoms with E-state index in [1.54, 1.807) is 24.3 Å². The van der Waals surface area contributed by atoms with Crippen LogP contribution < -0.4 is 15.4 Å². The van der Waals surface area contributed by atoms with Crippen molar-refractivity contribution in [2.24, 2.45) is 5.92 Å². The molecule has 0 saturated carbocycles. The van der Waals surface area contributed by atoms with Gasteiger partial charge in [0.15, 0.2) is 0 Å². The molecule has 2 amide bonds. The first-order chi connectivity index (χ1) is 8.93. The predicted molar refractivity (Wildman–Crippen MR) is 72.0 cm³/mol. The van der Waals surface area contributed by atoms with Crippen LogP contribution in [0.3, 0.4) is 0 Å². The summed E-state index contributed by atoms with van der Waals surface area (Å²) >= 11 is 0. The summed E-state index contributed by atoms with van der Waals surface area (Å²) in [5, 5.41) is 5.42. The molecule has 0 radical (unpaired) electrons. The molecule has 1 atom stereocenters. The maximum atomic E-state index is 12.1. The third-order valence-corrected chi connectivity index (χ3v) is 2.99. The van der Waals surface area contributed by atoms with Crippen LogP contribution in [0.5, 0.6) is 5.75 Å². The van der Waals surface area contributed by atoms with Gasteiger partial charge in [0, 0.05) is 6.54 Å². The van der Waals surface area contributed by atoms with Gasteiger partial charge in [-0.1, -0.05) is 26.0 Å². The summed E-state index contributed by atoms with van der Waals surface area (Å²) in [6.07, 6.45) is 0. The molecule has 1 heterocycles. The van der Waals surface area contributed by atoms with Crippen LogP contribution in [0, 0.1) is 5.92 Å². The number of carbonyl (C=O) groups excluding carboxylic acids is 2. The van der Waals surface area contributed by atoms with Gasteiger partial charge in [-0.15, -0.1) is 0 Å². The van der Waals surface area contributed by atoms with Gasteiger partial charge in [-0.05, 0) is 25.0 Å². The van der Waals surface area contributed by atoms with Gasteiger partial charge in [0.05, 0.1) is 5.69 Å². The van der Waals surface area contributed by atoms with Gasteiger partial charge in [0.25, 0.3) is 17.4 Å². The Bertz CT molecular complexity index is 513. The van der Waals surface area contributed by atoms with Crippen LogP contribution >= 0.6 is 0 Å². The van der Waals surface area contributed by atoms with Crippen LogP contribution in [0.15, 0.2) is 24.3 Å². The number of hydrogen-bond donors (Lipinski definition) is 2. The van der Waals surface area contributed by atoms with E-state index in [1.807, 2.05) is 13.8 Å². The predicted octanol–water partition coefficient (Wildman–Crippen LogP) is 1.55. The molecule has 0 aromatic heterocycles. The molecule has 5 heteroatoms. The zero-order valence-corrected chi connectivity index (χ0v) is 11.3. The number of benzene rings is 1. The van der Waals surface area contributed by atoms with Crippen LogP contribution in [0.2, 0.25) is 0 Å². The molecule has 5 nitrogen and oxygen atoms in total. The first-order valence-corrected chi connectivity index (χ1v) is 6.31. The summed E-state index contributed by atoms with van der Waals surface area (Å²) in [5.74, 6) is -0.0588. The highest BCUT2D eigenvalue weighted by atomic mass is 16.5. The van der Waals surface area contributed by atoms with Gasteiger partial charge >= 0.3 is 0 Å². The number of ether oxygens (including phenoxy) is 1. The number of anilines is 1. The first-order valence-electron chi connectivity index (χ1n) is 6.31. The minimum absolute atomic E-state index is 0.312. The Morgan fingerprint density at radius 2 is 2.11 bits per heavy atom. The van der Waals surface area contributed by atoms with E-state index in [0.29, 0.717) is 23.9 Å². The zero-order chi connectivity index (χ0) is 14.0. The normalized spacial score (nSPS) is 21.4. The van der Waals surface area contributed by atoms with Crippen molar-refractivity contribution in [3.63, 3.8) is 0 Å². The van der Waals surface area contributed by atoms with Crippen LogP contribution in [0.25, 0.3) is 0 Å². The van der Waals surface area contributed by atoms with Crippen molar-refractivity contribution in [2.45, 2.75) is 26.4 Å². The molecule has 19 heavy (non-hydrogen) atoms. The van der Waals surface area contributed by atoms with Crippen molar-refractivity contribution < 1.29 is 14.3 Å². The highest BCUT2D eigenvalue weighted by Crippen LogP contribution is 2.33. The van der Waals surface area contributed by atoms with Gasteiger partial charge in [-0.25, -0.2) is 0 Å². The molecular weight excluding hydrogens is 244 g/mol. The van der Waals surface area contributed by atoms with Crippen molar-refractivity contribution in [3.05, 3.63) is 24.3 Å². The van der Waals surface area contributed by atoms with Crippen LogP contribution in [-0.2, 0) is 9.59 Å². The van der Waals surface area contributed by atoms with Gasteiger partial charge in [0.2, 0.25) is 0 Å². The lowest BCUT2D eigenvalue weighted by Crippen LogP contribution is -2.59. The number of rotatable bonds is 3. The third kappa shape index (κ3) is 2.54. The number of amides is 2. The Morgan fingerprint density at radius 1 is 1.42 bits per heavy atom. The lowest BCUT2D eigenvalue weighted by atomic mass is 10.0. The lowest BCUT2D eigenvalue weighted by molar-refractivity contribution is -0.146. The Balaban J connectivity index is 2.20. The van der Waals surface area contributed by atoms with Gasteiger partial charge < -0.3 is 15.4 Å². The molecule has 1 aromatic carbocycles. The van der Waals surface area contributed by atoms with E-state index in [-0.39, 0.29) is 0 Å². The number of para-hydroxylation sites is 2. The van der Waals surface area contributed by atoms with E-state index in [9.17, 15) is 9.59 Å². The number of hydrogen-bond acceptors (Lipinski definition) is 3. The molecule has 1 aliphatic rings. The van der Waals surface area contributed by atoms with E-state index in [1.165, 1.54) is 6.92 Å². The van der Waals surface area contributed by atoms with Gasteiger partial charge in [-0.2, -0.15) is 0 Å². The molecule has 1 unspecified atom stereocenters. The Morgan fingerprint density at radius 3 is 2.79 bits per heavy atom. The van der Waals surface area contributed by atoms with E-state index in [2.05, 4.69) is 10.6 Å². The maximum Gasteiger partial charge on any atom is 0.278 e. The van der Waals surface area contributed by atoms with E-state index < -0.39 is 17.4 Å². The molecule has 1 aliphatic heterocycles. The second-order valence-corrected chi connectivity index (χ2v) is 5.19. The molecule has 0 fully saturated rings. The largest absolute Gasteiger partial charge is 0.466 e. The summed E-state index contributed by atoms with van der Waals surface area (Å²) in [6, 6.07) is 7.05. The molecule has 2 rings (SSSR count). The highest BCUT2D eigenvalue weighted by molar-refractivity contribution is 6.15. The average molecular weight is 262 g/mol. The number of carbonyl (C=O) groups is 2. The smallest absolute Gasteiger partial charge is 0.278 e. The monoisotopic (exact) mass is 262 g/mol. The summed E-state index contributed by atoms with van der Waals surface area (Å²) in [7, 11) is 0. The summed E-state index contributed by atoms with van der Waals surface area (Å²) in [5.41, 5.74) is -0.940. The molecule has 2 N–H and O–H groups in total. The van der Waals surface area contributed by atoms with E-state index in [0.717, 1.165) is 0 Å². The minimum atomic E-state index is -1.52. The van der Waals surface area contributed by atoms with Crippen LogP contribution in [0.1, 0.15) is 20.8 Å². The van der Waals surface area contributed by atoms with Crippen molar-refractivity contribution in [3.8, 4) is 5.75 Å². The SMILES string of the molecule is CC(C)CNC(=O)C1(C)Oc2ccccc2NC1=O. The first kappa shape index (κ1) is 13.4. The fourth-order valence-corrected chi connectivity index (χ4v) is 1.78. The highest BCUT2D eigenvalue weighted by Gasteiger charge is 2.47. The lowest BCUT2D eigenvalue weighted by Gasteiger charge is -2.33. The Hall–Kier alpha value is -2.04. The zero-order valence-electron chi connectivity index (χ0n) is 11.3. The quantitative estimate of drug-likeness (QED) is 0.812. The third-order valence-electron chi connectivity index (χ3n) is 2.99. The molecule has 0 bridgehead atoms. The van der Waals surface area contributed by atoms with Crippen LogP contribution in [0.4, 0.5) is 5.69 Å². The summed E-state index contributed by atoms with van der Waals surface area (Å²) in [6.45, 7) is 5.96. The standard InChI is InChI=1S/C14H18N2O3/c1-9(2)8-15-12(17)14(3)13(18)16-10-6-4-5-7-11(10)19-14/h4-7,9H,8H2,1-3H3,(H,15,17)(H,16,18). The fourth-order valence-electron chi connectivity index (χ4n) is 1.78. The van der Waals surface area contributed by atoms with E-state index >= 15 is 0 Å². The van der Waals surface area contributed by atoms with Crippen molar-refractivity contribution >= 4 is 17.5 Å². The van der Waals surface area contributed by atoms with Crippen molar-refractivity contribution in [2.75, 3.05) is 11.9 Å². The van der Waals surface area contributed by atoms with Gasteiger partial charge in [-0.3, -0.25) is 9.59 Å². The Labute approximate surface area is 112 Å². The van der Waals surface area contributed by atoms with Crippen molar-refractivity contribution in [1.29, 1.82) is 0 Å². The van der Waals surface area contributed by atoms with Crippen LogP contribution in [-0.4, -0.2) is 24.0 Å². The summed E-state index contributed by atoms with van der Waals surface area (Å²) < 4.78 is 5.60. The fraction of sp³-hybridized carbons (Fsp3) is 0.429. The molecule has 1 aromatic rings. The second-order valence-electron chi connectivity index (χ2n) is 5.19. The Kier molecular flexibility index (Phi) is 3.46.